The molecule has 1 aliphatic rings. The van der Waals surface area contributed by atoms with E-state index in [1.807, 2.05) is 0 Å². The van der Waals surface area contributed by atoms with E-state index in [0.29, 0.717) is 28.7 Å². The van der Waals surface area contributed by atoms with E-state index < -0.39 is 24.6 Å². The number of benzene rings is 2. The predicted molar refractivity (Wildman–Crippen MR) is 113 cm³/mol. The molecule has 2 atom stereocenters. The maximum Gasteiger partial charge on any atom is 0.422 e. The third-order valence-electron chi connectivity index (χ3n) is 5.77. The highest BCUT2D eigenvalue weighted by molar-refractivity contribution is 6.15. The number of hydrogen-bond donors (Lipinski definition) is 0. The first-order valence-electron chi connectivity index (χ1n) is 10.6. The minimum absolute atomic E-state index is 0.00745. The average molecular weight is 464 g/mol. The SMILES string of the molecule is Cc1cc(OCC(F)(F)F)cc(C)c1C1C(=O)CC(CC(=O)CCc2cccc(F)c2)C1=O. The van der Waals surface area contributed by atoms with Crippen LogP contribution in [0.4, 0.5) is 17.6 Å². The number of carbonyl (C=O) groups excluding carboxylic acids is 3. The summed E-state index contributed by atoms with van der Waals surface area (Å²) in [5.74, 6) is -3.00. The lowest BCUT2D eigenvalue weighted by molar-refractivity contribution is -0.153. The Kier molecular flexibility index (Phi) is 7.34. The lowest BCUT2D eigenvalue weighted by atomic mass is 9.86. The van der Waals surface area contributed by atoms with Crippen molar-refractivity contribution >= 4 is 17.3 Å². The van der Waals surface area contributed by atoms with Gasteiger partial charge in [-0.1, -0.05) is 12.1 Å². The number of rotatable bonds is 8. The van der Waals surface area contributed by atoms with Gasteiger partial charge in [0.25, 0.3) is 0 Å². The minimum atomic E-state index is -4.48. The average Bonchev–Trinajstić information content (AvgIpc) is 2.97. The van der Waals surface area contributed by atoms with E-state index in [1.165, 1.54) is 24.3 Å². The first kappa shape index (κ1) is 24.6. The van der Waals surface area contributed by atoms with Gasteiger partial charge in [0.05, 0.1) is 0 Å². The van der Waals surface area contributed by atoms with Crippen LogP contribution in [0.15, 0.2) is 36.4 Å². The molecule has 0 heterocycles. The van der Waals surface area contributed by atoms with Gasteiger partial charge in [-0.15, -0.1) is 0 Å². The van der Waals surface area contributed by atoms with Crippen LogP contribution in [0, 0.1) is 25.6 Å². The molecule has 176 valence electrons. The molecular weight excluding hydrogens is 440 g/mol. The molecule has 8 heteroatoms. The van der Waals surface area contributed by atoms with Gasteiger partial charge in [0.2, 0.25) is 0 Å². The first-order valence-corrected chi connectivity index (χ1v) is 10.6. The van der Waals surface area contributed by atoms with Crippen LogP contribution in [0.5, 0.6) is 5.75 Å². The molecule has 2 aromatic rings. The van der Waals surface area contributed by atoms with E-state index in [0.717, 1.165) is 0 Å². The summed E-state index contributed by atoms with van der Waals surface area (Å²) >= 11 is 0. The third kappa shape index (κ3) is 6.27. The van der Waals surface area contributed by atoms with Crippen molar-refractivity contribution in [3.05, 3.63) is 64.5 Å². The van der Waals surface area contributed by atoms with E-state index in [9.17, 15) is 31.9 Å². The van der Waals surface area contributed by atoms with Crippen LogP contribution >= 0.6 is 0 Å². The van der Waals surface area contributed by atoms with Gasteiger partial charge in [-0.3, -0.25) is 14.4 Å². The second kappa shape index (κ2) is 9.85. The fourth-order valence-electron chi connectivity index (χ4n) is 4.32. The van der Waals surface area contributed by atoms with Crippen molar-refractivity contribution in [2.24, 2.45) is 5.92 Å². The molecule has 0 bridgehead atoms. The standard InChI is InChI=1S/C25H24F4O4/c1-14-8-20(33-13-25(27,28)29)9-15(2)22(14)23-21(31)12-17(24(23)32)11-19(30)7-6-16-4-3-5-18(26)10-16/h3-5,8-10,17,23H,6-7,11-13H2,1-2H3. The lowest BCUT2D eigenvalue weighted by Gasteiger charge is -2.18. The molecule has 0 radical (unpaired) electrons. The summed E-state index contributed by atoms with van der Waals surface area (Å²) in [6, 6.07) is 8.69. The van der Waals surface area contributed by atoms with Crippen LogP contribution in [0.25, 0.3) is 0 Å². The summed E-state index contributed by atoms with van der Waals surface area (Å²) in [5, 5.41) is 0. The van der Waals surface area contributed by atoms with E-state index in [1.54, 1.807) is 26.0 Å². The molecule has 33 heavy (non-hydrogen) atoms. The number of alkyl halides is 3. The first-order chi connectivity index (χ1) is 15.4. The largest absolute Gasteiger partial charge is 0.484 e. The van der Waals surface area contributed by atoms with Crippen molar-refractivity contribution in [1.29, 1.82) is 0 Å². The Hall–Kier alpha value is -3.03. The molecule has 0 saturated heterocycles. The van der Waals surface area contributed by atoms with E-state index in [-0.39, 0.29) is 48.2 Å². The molecular formula is C25H24F4O4. The number of halogens is 4. The number of ketones is 3. The fourth-order valence-corrected chi connectivity index (χ4v) is 4.32. The highest BCUT2D eigenvalue weighted by Gasteiger charge is 2.43. The Morgan fingerprint density at radius 2 is 1.76 bits per heavy atom. The third-order valence-corrected chi connectivity index (χ3v) is 5.77. The maximum atomic E-state index is 13.3. The smallest absolute Gasteiger partial charge is 0.422 e. The molecule has 1 saturated carbocycles. The fraction of sp³-hybridized carbons (Fsp3) is 0.400. The second-order valence-electron chi connectivity index (χ2n) is 8.45. The Morgan fingerprint density at radius 3 is 2.36 bits per heavy atom. The van der Waals surface area contributed by atoms with Gasteiger partial charge in [0.1, 0.15) is 29.1 Å². The van der Waals surface area contributed by atoms with Crippen LogP contribution in [-0.2, 0) is 20.8 Å². The quantitative estimate of drug-likeness (QED) is 0.397. The van der Waals surface area contributed by atoms with Crippen molar-refractivity contribution in [3.8, 4) is 5.75 Å². The van der Waals surface area contributed by atoms with Gasteiger partial charge in [-0.2, -0.15) is 13.2 Å². The molecule has 1 fully saturated rings. The number of aryl methyl sites for hydroxylation is 3. The summed E-state index contributed by atoms with van der Waals surface area (Å²) in [4.78, 5) is 38.1. The van der Waals surface area contributed by atoms with Crippen LogP contribution in [0.1, 0.15) is 47.4 Å². The Morgan fingerprint density at radius 1 is 1.09 bits per heavy atom. The van der Waals surface area contributed by atoms with Gasteiger partial charge in [-0.05, 0) is 66.8 Å². The number of ether oxygens (including phenoxy) is 1. The highest BCUT2D eigenvalue weighted by atomic mass is 19.4. The number of Topliss-reactive ketones (excluding diaryl/α,β-unsaturated/α-hetero) is 3. The second-order valence-corrected chi connectivity index (χ2v) is 8.45. The van der Waals surface area contributed by atoms with Crippen molar-refractivity contribution in [2.75, 3.05) is 6.61 Å². The summed E-state index contributed by atoms with van der Waals surface area (Å²) in [6.45, 7) is 1.79. The van der Waals surface area contributed by atoms with Gasteiger partial charge < -0.3 is 4.74 Å². The topological polar surface area (TPSA) is 60.4 Å². The summed E-state index contributed by atoms with van der Waals surface area (Å²) in [7, 11) is 0. The normalized spacial score (nSPS) is 18.6. The molecule has 0 aliphatic heterocycles. The molecule has 0 aromatic heterocycles. The van der Waals surface area contributed by atoms with Gasteiger partial charge >= 0.3 is 6.18 Å². The molecule has 0 amide bonds. The van der Waals surface area contributed by atoms with Gasteiger partial charge in [-0.25, -0.2) is 4.39 Å². The van der Waals surface area contributed by atoms with Crippen LogP contribution in [-0.4, -0.2) is 30.1 Å². The molecule has 4 nitrogen and oxygen atoms in total. The summed E-state index contributed by atoms with van der Waals surface area (Å²) in [6.07, 6.45) is -4.13. The molecule has 0 spiro atoms. The van der Waals surface area contributed by atoms with Gasteiger partial charge in [0.15, 0.2) is 12.4 Å². The summed E-state index contributed by atoms with van der Waals surface area (Å²) in [5.41, 5.74) is 2.10. The van der Waals surface area contributed by atoms with E-state index >= 15 is 0 Å². The lowest BCUT2D eigenvalue weighted by Crippen LogP contribution is -2.21. The zero-order chi connectivity index (χ0) is 24.3. The number of hydrogen-bond acceptors (Lipinski definition) is 4. The van der Waals surface area contributed by atoms with Gasteiger partial charge in [0, 0.05) is 25.2 Å². The zero-order valence-corrected chi connectivity index (χ0v) is 18.3. The monoisotopic (exact) mass is 464 g/mol. The minimum Gasteiger partial charge on any atom is -0.484 e. The van der Waals surface area contributed by atoms with Crippen LogP contribution in [0.3, 0.4) is 0 Å². The molecule has 1 aliphatic carbocycles. The zero-order valence-electron chi connectivity index (χ0n) is 18.3. The Bertz CT molecular complexity index is 1050. The van der Waals surface area contributed by atoms with Crippen molar-refractivity contribution in [3.63, 3.8) is 0 Å². The van der Waals surface area contributed by atoms with Crippen LogP contribution < -0.4 is 4.74 Å². The van der Waals surface area contributed by atoms with Crippen LogP contribution in [0.2, 0.25) is 0 Å². The van der Waals surface area contributed by atoms with Crippen molar-refractivity contribution in [1.82, 2.24) is 0 Å². The van der Waals surface area contributed by atoms with Crippen molar-refractivity contribution in [2.45, 2.75) is 51.6 Å². The van der Waals surface area contributed by atoms with Crippen molar-refractivity contribution < 1.29 is 36.7 Å². The molecule has 0 N–H and O–H groups in total. The molecule has 3 rings (SSSR count). The molecule has 2 unspecified atom stereocenters. The number of carbonyl (C=O) groups is 3. The Labute approximate surface area is 188 Å². The van der Waals surface area contributed by atoms with E-state index in [2.05, 4.69) is 0 Å². The van der Waals surface area contributed by atoms with E-state index in [4.69, 9.17) is 4.74 Å². The predicted octanol–water partition coefficient (Wildman–Crippen LogP) is 5.22. The molecule has 2 aromatic carbocycles. The Balaban J connectivity index is 1.67. The highest BCUT2D eigenvalue weighted by Crippen LogP contribution is 2.38. The summed E-state index contributed by atoms with van der Waals surface area (Å²) < 4.78 is 55.3. The maximum absolute atomic E-state index is 13.3.